The molecule has 2 aromatic rings. The molecule has 0 atom stereocenters. The SMILES string of the molecule is C/C=C/COc1cc(C)c(OCCCCCCCCc2ccc(COC/C=N/OC)cc2)c(C)c1. The van der Waals surface area contributed by atoms with Crippen molar-refractivity contribution < 1.29 is 19.0 Å². The van der Waals surface area contributed by atoms with E-state index in [2.05, 4.69) is 60.2 Å². The van der Waals surface area contributed by atoms with Gasteiger partial charge < -0.3 is 19.0 Å². The first-order chi connectivity index (χ1) is 17.1. The summed E-state index contributed by atoms with van der Waals surface area (Å²) in [4.78, 5) is 4.61. The number of unbranched alkanes of at least 4 members (excludes halogenated alkanes) is 5. The standard InChI is InChI=1S/C30H43NO4/c1-5-6-19-34-29-22-25(2)30(26(3)23-29)35-20-12-10-8-7-9-11-13-27-14-16-28(17-15-27)24-33-21-18-31-32-4/h5-6,14-18,22-23H,7-13,19-21,24H2,1-4H3/b6-5+,31-18+. The number of oxime groups is 1. The first-order valence-corrected chi connectivity index (χ1v) is 12.8. The third kappa shape index (κ3) is 11.9. The second kappa shape index (κ2) is 17.6. The average Bonchev–Trinajstić information content (AvgIpc) is 2.85. The molecule has 0 bridgehead atoms. The van der Waals surface area contributed by atoms with E-state index in [9.17, 15) is 0 Å². The predicted molar refractivity (Wildman–Crippen MR) is 145 cm³/mol. The molecule has 0 N–H and O–H groups in total. The van der Waals surface area contributed by atoms with Crippen LogP contribution in [0.25, 0.3) is 0 Å². The van der Waals surface area contributed by atoms with Crippen molar-refractivity contribution in [3.8, 4) is 11.5 Å². The van der Waals surface area contributed by atoms with Crippen molar-refractivity contribution in [1.82, 2.24) is 0 Å². The number of ether oxygens (including phenoxy) is 3. The van der Waals surface area contributed by atoms with E-state index in [1.807, 2.05) is 19.1 Å². The summed E-state index contributed by atoms with van der Waals surface area (Å²) >= 11 is 0. The summed E-state index contributed by atoms with van der Waals surface area (Å²) in [5, 5.41) is 3.66. The highest BCUT2D eigenvalue weighted by molar-refractivity contribution is 5.57. The smallest absolute Gasteiger partial charge is 0.125 e. The highest BCUT2D eigenvalue weighted by atomic mass is 16.6. The summed E-state index contributed by atoms with van der Waals surface area (Å²) in [5.74, 6) is 1.90. The van der Waals surface area contributed by atoms with Crippen molar-refractivity contribution in [3.63, 3.8) is 0 Å². The second-order valence-corrected chi connectivity index (χ2v) is 8.79. The van der Waals surface area contributed by atoms with E-state index >= 15 is 0 Å². The van der Waals surface area contributed by atoms with Gasteiger partial charge >= 0.3 is 0 Å². The lowest BCUT2D eigenvalue weighted by Gasteiger charge is -2.14. The molecule has 0 saturated carbocycles. The molecule has 5 nitrogen and oxygen atoms in total. The Bertz CT molecular complexity index is 867. The molecule has 2 aromatic carbocycles. The van der Waals surface area contributed by atoms with Gasteiger partial charge in [-0.05, 0) is 74.4 Å². The molecular weight excluding hydrogens is 438 g/mol. The lowest BCUT2D eigenvalue weighted by molar-refractivity contribution is 0.154. The van der Waals surface area contributed by atoms with Crippen LogP contribution in [-0.2, 0) is 22.6 Å². The van der Waals surface area contributed by atoms with Crippen LogP contribution in [0.1, 0.15) is 67.7 Å². The molecule has 0 radical (unpaired) electrons. The van der Waals surface area contributed by atoms with Gasteiger partial charge in [0.25, 0.3) is 0 Å². The van der Waals surface area contributed by atoms with Gasteiger partial charge in [-0.15, -0.1) is 0 Å². The Morgan fingerprint density at radius 1 is 0.800 bits per heavy atom. The molecule has 0 unspecified atom stereocenters. The van der Waals surface area contributed by atoms with Gasteiger partial charge in [-0.3, -0.25) is 0 Å². The zero-order valence-corrected chi connectivity index (χ0v) is 22.1. The fourth-order valence-corrected chi connectivity index (χ4v) is 3.91. The van der Waals surface area contributed by atoms with Crippen LogP contribution in [-0.4, -0.2) is 33.1 Å². The quantitative estimate of drug-likeness (QED) is 0.0965. The van der Waals surface area contributed by atoms with Crippen molar-refractivity contribution in [2.75, 3.05) is 26.9 Å². The van der Waals surface area contributed by atoms with Crippen LogP contribution in [0.15, 0.2) is 53.7 Å². The normalized spacial score (nSPS) is 11.4. The van der Waals surface area contributed by atoms with Gasteiger partial charge in [0, 0.05) is 0 Å². The lowest BCUT2D eigenvalue weighted by Crippen LogP contribution is -2.02. The van der Waals surface area contributed by atoms with E-state index in [0.29, 0.717) is 19.8 Å². The van der Waals surface area contributed by atoms with Gasteiger partial charge in [0.15, 0.2) is 0 Å². The zero-order chi connectivity index (χ0) is 25.1. The van der Waals surface area contributed by atoms with E-state index in [1.54, 1.807) is 6.21 Å². The molecule has 0 aliphatic heterocycles. The molecule has 0 saturated heterocycles. The molecule has 0 fully saturated rings. The summed E-state index contributed by atoms with van der Waals surface area (Å²) in [5.41, 5.74) is 4.85. The predicted octanol–water partition coefficient (Wildman–Crippen LogP) is 7.37. The van der Waals surface area contributed by atoms with Crippen LogP contribution in [0, 0.1) is 13.8 Å². The molecule has 35 heavy (non-hydrogen) atoms. The highest BCUT2D eigenvalue weighted by Crippen LogP contribution is 2.28. The second-order valence-electron chi connectivity index (χ2n) is 8.79. The van der Waals surface area contributed by atoms with Crippen molar-refractivity contribution in [2.24, 2.45) is 5.16 Å². The Labute approximate surface area is 212 Å². The third-order valence-electron chi connectivity index (χ3n) is 5.79. The van der Waals surface area contributed by atoms with Gasteiger partial charge in [-0.25, -0.2) is 0 Å². The summed E-state index contributed by atoms with van der Waals surface area (Å²) in [7, 11) is 1.53. The Morgan fingerprint density at radius 2 is 1.46 bits per heavy atom. The van der Waals surface area contributed by atoms with Gasteiger partial charge in [0.1, 0.15) is 25.2 Å². The Kier molecular flexibility index (Phi) is 14.3. The summed E-state index contributed by atoms with van der Waals surface area (Å²) in [6.45, 7) is 8.60. The number of rotatable bonds is 18. The number of nitrogens with zero attached hydrogens (tertiary/aromatic N) is 1. The van der Waals surface area contributed by atoms with Crippen LogP contribution >= 0.6 is 0 Å². The first-order valence-electron chi connectivity index (χ1n) is 12.8. The average molecular weight is 482 g/mol. The molecule has 2 rings (SSSR count). The number of hydrogen-bond acceptors (Lipinski definition) is 5. The van der Waals surface area contributed by atoms with Crippen LogP contribution < -0.4 is 9.47 Å². The van der Waals surface area contributed by atoms with E-state index in [0.717, 1.165) is 42.1 Å². The fraction of sp³-hybridized carbons (Fsp3) is 0.500. The Balaban J connectivity index is 1.53. The van der Waals surface area contributed by atoms with E-state index < -0.39 is 0 Å². The van der Waals surface area contributed by atoms with Crippen molar-refractivity contribution >= 4 is 6.21 Å². The maximum Gasteiger partial charge on any atom is 0.125 e. The summed E-state index contributed by atoms with van der Waals surface area (Å²) in [6, 6.07) is 12.8. The van der Waals surface area contributed by atoms with Crippen molar-refractivity contribution in [1.29, 1.82) is 0 Å². The van der Waals surface area contributed by atoms with Crippen LogP contribution in [0.3, 0.4) is 0 Å². The van der Waals surface area contributed by atoms with Crippen LogP contribution in [0.2, 0.25) is 0 Å². The molecule has 0 amide bonds. The number of allylic oxidation sites excluding steroid dienone is 1. The Hall–Kier alpha value is -2.79. The van der Waals surface area contributed by atoms with Gasteiger partial charge in [-0.1, -0.05) is 67.3 Å². The largest absolute Gasteiger partial charge is 0.493 e. The first kappa shape index (κ1) is 28.4. The molecule has 0 aromatic heterocycles. The van der Waals surface area contributed by atoms with Crippen LogP contribution in [0.5, 0.6) is 11.5 Å². The zero-order valence-electron chi connectivity index (χ0n) is 22.1. The molecule has 0 aliphatic carbocycles. The minimum atomic E-state index is 0.459. The maximum atomic E-state index is 6.09. The topological polar surface area (TPSA) is 49.3 Å². The highest BCUT2D eigenvalue weighted by Gasteiger charge is 2.07. The van der Waals surface area contributed by atoms with Crippen molar-refractivity contribution in [3.05, 3.63) is 70.8 Å². The number of benzene rings is 2. The molecule has 0 spiro atoms. The Morgan fingerprint density at radius 3 is 2.14 bits per heavy atom. The molecule has 0 heterocycles. The van der Waals surface area contributed by atoms with E-state index in [1.165, 1.54) is 50.3 Å². The molecule has 5 heteroatoms. The minimum Gasteiger partial charge on any atom is -0.493 e. The molecule has 0 aliphatic rings. The maximum absolute atomic E-state index is 6.09. The van der Waals surface area contributed by atoms with Gasteiger partial charge in [-0.2, -0.15) is 0 Å². The molecular formula is C30H43NO4. The van der Waals surface area contributed by atoms with Crippen molar-refractivity contribution in [2.45, 2.75) is 72.3 Å². The molecule has 192 valence electrons. The fourth-order valence-electron chi connectivity index (χ4n) is 3.91. The third-order valence-corrected chi connectivity index (χ3v) is 5.79. The van der Waals surface area contributed by atoms with Gasteiger partial charge in [0.2, 0.25) is 0 Å². The monoisotopic (exact) mass is 481 g/mol. The summed E-state index contributed by atoms with van der Waals surface area (Å²) in [6.07, 6.45) is 14.1. The van der Waals surface area contributed by atoms with E-state index in [-0.39, 0.29) is 0 Å². The number of aryl methyl sites for hydroxylation is 3. The number of hydrogen-bond donors (Lipinski definition) is 0. The lowest BCUT2D eigenvalue weighted by atomic mass is 10.0. The summed E-state index contributed by atoms with van der Waals surface area (Å²) < 4.78 is 17.4. The minimum absolute atomic E-state index is 0.459. The van der Waals surface area contributed by atoms with E-state index in [4.69, 9.17) is 14.2 Å². The van der Waals surface area contributed by atoms with Gasteiger partial charge in [0.05, 0.1) is 26.0 Å². The van der Waals surface area contributed by atoms with Crippen LogP contribution in [0.4, 0.5) is 0 Å².